The van der Waals surface area contributed by atoms with Gasteiger partial charge in [-0.3, -0.25) is 20.3 Å². The van der Waals surface area contributed by atoms with E-state index in [2.05, 4.69) is 27.6 Å². The van der Waals surface area contributed by atoms with Crippen molar-refractivity contribution >= 4 is 22.7 Å². The van der Waals surface area contributed by atoms with E-state index < -0.39 is 17.5 Å². The van der Waals surface area contributed by atoms with Gasteiger partial charge in [-0.25, -0.2) is 9.18 Å². The van der Waals surface area contributed by atoms with E-state index in [4.69, 9.17) is 4.74 Å². The van der Waals surface area contributed by atoms with Gasteiger partial charge in [0.05, 0.1) is 5.52 Å². The Hall–Kier alpha value is -3.87. The minimum absolute atomic E-state index is 0.0617. The Bertz CT molecular complexity index is 1260. The number of anilines is 1. The van der Waals surface area contributed by atoms with E-state index in [1.165, 1.54) is 6.07 Å². The van der Waals surface area contributed by atoms with Crippen molar-refractivity contribution in [1.82, 2.24) is 10.2 Å². The molecule has 29 heavy (non-hydrogen) atoms. The van der Waals surface area contributed by atoms with E-state index in [0.29, 0.717) is 0 Å². The zero-order valence-electron chi connectivity index (χ0n) is 15.2. The average molecular weight is 389 g/mol. The lowest BCUT2D eigenvalue weighted by Gasteiger charge is -2.14. The molecule has 1 aliphatic rings. The second-order valence-electron chi connectivity index (χ2n) is 6.91. The summed E-state index contributed by atoms with van der Waals surface area (Å²) < 4.78 is 19.6. The summed E-state index contributed by atoms with van der Waals surface area (Å²) in [5, 5.41) is 7.32. The second-order valence-corrected chi connectivity index (χ2v) is 6.91. The van der Waals surface area contributed by atoms with Gasteiger partial charge in [-0.05, 0) is 34.4 Å². The third-order valence-corrected chi connectivity index (χ3v) is 5.22. The number of benzene rings is 3. The predicted octanol–water partition coefficient (Wildman–Crippen LogP) is 4.36. The summed E-state index contributed by atoms with van der Waals surface area (Å²) >= 11 is 0. The highest BCUT2D eigenvalue weighted by molar-refractivity contribution is 5.90. The maximum absolute atomic E-state index is 14.1. The number of carbonyl (C=O) groups excluding carboxylic acids is 1. The molecule has 6 nitrogen and oxygen atoms in total. The molecule has 0 saturated carbocycles. The predicted molar refractivity (Wildman–Crippen MR) is 108 cm³/mol. The van der Waals surface area contributed by atoms with Crippen LogP contribution in [0.15, 0.2) is 65.5 Å². The van der Waals surface area contributed by atoms with Gasteiger partial charge in [-0.1, -0.05) is 48.5 Å². The van der Waals surface area contributed by atoms with Gasteiger partial charge in [0.1, 0.15) is 17.8 Å². The van der Waals surface area contributed by atoms with Crippen molar-refractivity contribution in [1.29, 1.82) is 0 Å². The van der Waals surface area contributed by atoms with E-state index in [-0.39, 0.29) is 29.1 Å². The van der Waals surface area contributed by atoms with Gasteiger partial charge >= 0.3 is 6.09 Å². The number of rotatable bonds is 3. The minimum Gasteiger partial charge on any atom is -0.448 e. The Balaban J connectivity index is 1.34. The van der Waals surface area contributed by atoms with Crippen molar-refractivity contribution < 1.29 is 13.9 Å². The smallest absolute Gasteiger partial charge is 0.411 e. The van der Waals surface area contributed by atoms with Crippen LogP contribution in [0.25, 0.3) is 22.0 Å². The molecule has 1 aromatic heterocycles. The Morgan fingerprint density at radius 1 is 1.00 bits per heavy atom. The number of nitrogens with one attached hydrogen (secondary N) is 3. The Morgan fingerprint density at radius 3 is 2.34 bits per heavy atom. The molecule has 0 saturated heterocycles. The topological polar surface area (TPSA) is 87.0 Å². The SMILES string of the molecule is O=C(Nc1cc(F)c2c(=O)[nH][nH]c2c1)OCC1c2ccccc2-c2ccccc21. The van der Waals surface area contributed by atoms with Crippen molar-refractivity contribution in [3.63, 3.8) is 0 Å². The highest BCUT2D eigenvalue weighted by Crippen LogP contribution is 2.44. The molecule has 1 amide bonds. The molecule has 3 N–H and O–H groups in total. The van der Waals surface area contributed by atoms with Crippen LogP contribution in [-0.4, -0.2) is 22.9 Å². The first-order chi connectivity index (χ1) is 14.1. The van der Waals surface area contributed by atoms with Gasteiger partial charge in [0.15, 0.2) is 0 Å². The van der Waals surface area contributed by atoms with Crippen molar-refractivity contribution in [2.45, 2.75) is 5.92 Å². The number of fused-ring (bicyclic) bond motifs is 4. The molecule has 0 atom stereocenters. The summed E-state index contributed by atoms with van der Waals surface area (Å²) in [6, 6.07) is 18.7. The van der Waals surface area contributed by atoms with Gasteiger partial charge in [-0.15, -0.1) is 0 Å². The molecular weight excluding hydrogens is 373 g/mol. The number of carbonyl (C=O) groups is 1. The van der Waals surface area contributed by atoms with Crippen LogP contribution in [0.1, 0.15) is 17.0 Å². The largest absolute Gasteiger partial charge is 0.448 e. The molecule has 1 aliphatic carbocycles. The van der Waals surface area contributed by atoms with E-state index in [0.717, 1.165) is 28.3 Å². The van der Waals surface area contributed by atoms with Crippen LogP contribution in [-0.2, 0) is 4.74 Å². The maximum atomic E-state index is 14.1. The lowest BCUT2D eigenvalue weighted by Crippen LogP contribution is -2.18. The molecular formula is C22H16FN3O3. The fourth-order valence-electron chi connectivity index (χ4n) is 3.95. The summed E-state index contributed by atoms with van der Waals surface area (Å²) in [4.78, 5) is 23.9. The fourth-order valence-corrected chi connectivity index (χ4v) is 3.95. The molecule has 1 heterocycles. The maximum Gasteiger partial charge on any atom is 0.411 e. The van der Waals surface area contributed by atoms with Gasteiger partial charge in [0.25, 0.3) is 5.56 Å². The summed E-state index contributed by atoms with van der Waals surface area (Å²) in [6.07, 6.45) is -0.691. The molecule has 0 fully saturated rings. The quantitative estimate of drug-likeness (QED) is 0.487. The first-order valence-corrected chi connectivity index (χ1v) is 9.14. The Morgan fingerprint density at radius 2 is 1.66 bits per heavy atom. The molecule has 5 rings (SSSR count). The van der Waals surface area contributed by atoms with Crippen molar-refractivity contribution in [2.75, 3.05) is 11.9 Å². The van der Waals surface area contributed by atoms with Crippen LogP contribution >= 0.6 is 0 Å². The normalized spacial score (nSPS) is 12.6. The monoisotopic (exact) mass is 389 g/mol. The molecule has 0 spiro atoms. The number of ether oxygens (including phenoxy) is 1. The highest BCUT2D eigenvalue weighted by atomic mass is 19.1. The molecule has 4 aromatic rings. The Labute approximate surface area is 164 Å². The average Bonchev–Trinajstić information content (AvgIpc) is 3.25. The van der Waals surface area contributed by atoms with Gasteiger partial charge < -0.3 is 4.74 Å². The summed E-state index contributed by atoms with van der Waals surface area (Å²) in [5.41, 5.74) is 4.41. The molecule has 0 radical (unpaired) electrons. The summed E-state index contributed by atoms with van der Waals surface area (Å²) in [6.45, 7) is 0.158. The van der Waals surface area contributed by atoms with Crippen molar-refractivity contribution in [3.05, 3.63) is 88.0 Å². The second kappa shape index (κ2) is 6.63. The standard InChI is InChI=1S/C22H16FN3O3/c23-18-9-12(10-19-20(18)21(27)26-25-19)24-22(28)29-11-17-15-7-3-1-5-13(15)14-6-2-4-8-16(14)17/h1-10,17H,11H2,(H,24,28)(H2,25,26,27). The van der Waals surface area contributed by atoms with Crippen LogP contribution in [0, 0.1) is 5.82 Å². The molecule has 0 unspecified atom stereocenters. The molecule has 7 heteroatoms. The molecule has 0 bridgehead atoms. The van der Waals surface area contributed by atoms with Crippen LogP contribution in [0.4, 0.5) is 14.9 Å². The van der Waals surface area contributed by atoms with Gasteiger partial charge in [0.2, 0.25) is 0 Å². The number of hydrogen-bond acceptors (Lipinski definition) is 3. The first kappa shape index (κ1) is 17.2. The fraction of sp³-hybridized carbons (Fsp3) is 0.0909. The van der Waals surface area contributed by atoms with Crippen LogP contribution in [0.3, 0.4) is 0 Å². The van der Waals surface area contributed by atoms with E-state index in [1.807, 2.05) is 36.4 Å². The highest BCUT2D eigenvalue weighted by Gasteiger charge is 2.29. The van der Waals surface area contributed by atoms with Crippen molar-refractivity contribution in [2.24, 2.45) is 0 Å². The zero-order valence-corrected chi connectivity index (χ0v) is 15.2. The zero-order chi connectivity index (χ0) is 20.0. The molecule has 144 valence electrons. The van der Waals surface area contributed by atoms with Crippen LogP contribution in [0.5, 0.6) is 0 Å². The van der Waals surface area contributed by atoms with Crippen molar-refractivity contribution in [3.8, 4) is 11.1 Å². The minimum atomic E-state index is -0.723. The number of H-pyrrole nitrogens is 2. The lowest BCUT2D eigenvalue weighted by atomic mass is 9.98. The van der Waals surface area contributed by atoms with E-state index >= 15 is 0 Å². The number of amides is 1. The first-order valence-electron chi connectivity index (χ1n) is 9.14. The van der Waals surface area contributed by atoms with Crippen LogP contribution < -0.4 is 10.9 Å². The number of hydrogen-bond donors (Lipinski definition) is 3. The van der Waals surface area contributed by atoms with Crippen LogP contribution in [0.2, 0.25) is 0 Å². The van der Waals surface area contributed by atoms with E-state index in [1.54, 1.807) is 0 Å². The Kier molecular flexibility index (Phi) is 3.94. The van der Waals surface area contributed by atoms with E-state index in [9.17, 15) is 14.0 Å². The summed E-state index contributed by atoms with van der Waals surface area (Å²) in [7, 11) is 0. The lowest BCUT2D eigenvalue weighted by molar-refractivity contribution is 0.158. The van der Waals surface area contributed by atoms with Gasteiger partial charge in [0, 0.05) is 11.6 Å². The molecule has 3 aromatic carbocycles. The number of aromatic nitrogens is 2. The third kappa shape index (κ3) is 2.87. The third-order valence-electron chi connectivity index (χ3n) is 5.22. The summed E-state index contributed by atoms with van der Waals surface area (Å²) in [5.74, 6) is -0.785. The number of halogens is 1. The molecule has 0 aliphatic heterocycles. The van der Waals surface area contributed by atoms with Gasteiger partial charge in [-0.2, -0.15) is 0 Å². The number of aromatic amines is 2.